The normalized spacial score (nSPS) is 11.8. The Bertz CT molecular complexity index is 557. The minimum atomic E-state index is -1.15. The molecule has 2 aromatic rings. The van der Waals surface area contributed by atoms with Crippen LogP contribution in [-0.4, -0.2) is 21.6 Å². The number of aliphatic hydroxyl groups excluding tert-OH is 1. The van der Waals surface area contributed by atoms with Crippen LogP contribution in [0.5, 0.6) is 5.88 Å². The molecule has 20 heavy (non-hydrogen) atoms. The van der Waals surface area contributed by atoms with Crippen molar-refractivity contribution in [2.45, 2.75) is 12.7 Å². The zero-order valence-corrected chi connectivity index (χ0v) is 10.7. The molecule has 0 spiro atoms. The Labute approximate surface area is 115 Å². The predicted molar refractivity (Wildman–Crippen MR) is 71.8 cm³/mol. The first-order chi connectivity index (χ1) is 9.65. The fourth-order valence-corrected chi connectivity index (χ4v) is 1.65. The van der Waals surface area contributed by atoms with E-state index in [9.17, 15) is 15.2 Å². The summed E-state index contributed by atoms with van der Waals surface area (Å²) < 4.78 is 5.48. The molecule has 6 heteroatoms. The van der Waals surface area contributed by atoms with Crippen LogP contribution in [0.25, 0.3) is 0 Å². The van der Waals surface area contributed by atoms with Crippen LogP contribution in [0.15, 0.2) is 48.7 Å². The number of benzene rings is 1. The lowest BCUT2D eigenvalue weighted by Gasteiger charge is -2.08. The average Bonchev–Trinajstić information content (AvgIpc) is 2.46. The third-order valence-electron chi connectivity index (χ3n) is 2.70. The van der Waals surface area contributed by atoms with E-state index in [0.29, 0.717) is 18.1 Å². The molecule has 0 unspecified atom stereocenters. The van der Waals surface area contributed by atoms with Gasteiger partial charge in [-0.3, -0.25) is 10.1 Å². The lowest BCUT2D eigenvalue weighted by atomic mass is 10.2. The fraction of sp³-hybridized carbons (Fsp3) is 0.214. The fourth-order valence-electron chi connectivity index (χ4n) is 1.65. The molecule has 0 amide bonds. The van der Waals surface area contributed by atoms with Gasteiger partial charge in [0, 0.05) is 22.7 Å². The molecule has 1 N–H and O–H groups in total. The molecule has 0 aliphatic rings. The molecule has 0 saturated carbocycles. The lowest BCUT2D eigenvalue weighted by Crippen LogP contribution is -2.12. The van der Waals surface area contributed by atoms with Crippen molar-refractivity contribution in [1.82, 2.24) is 4.98 Å². The first kappa shape index (κ1) is 14.0. The quantitative estimate of drug-likeness (QED) is 0.643. The summed E-state index contributed by atoms with van der Waals surface area (Å²) in [5.41, 5.74) is 1.42. The van der Waals surface area contributed by atoms with Gasteiger partial charge in [0.05, 0.1) is 0 Å². The summed E-state index contributed by atoms with van der Waals surface area (Å²) in [7, 11) is 0. The molecule has 0 saturated heterocycles. The molecular formula is C14H14N2O4. The maximum absolute atomic E-state index is 10.3. The van der Waals surface area contributed by atoms with E-state index in [-0.39, 0.29) is 0 Å². The SMILES string of the molecule is O=[N+]([O-])C[C@H](O)c1ccc(OCc2ccccc2)nc1. The highest BCUT2D eigenvalue weighted by Gasteiger charge is 2.14. The van der Waals surface area contributed by atoms with E-state index in [1.54, 1.807) is 12.1 Å². The Balaban J connectivity index is 1.93. The summed E-state index contributed by atoms with van der Waals surface area (Å²) in [5.74, 6) is 0.408. The van der Waals surface area contributed by atoms with E-state index in [2.05, 4.69) is 4.98 Å². The number of hydrogen-bond donors (Lipinski definition) is 1. The van der Waals surface area contributed by atoms with Crippen LogP contribution in [0.4, 0.5) is 0 Å². The summed E-state index contributed by atoms with van der Waals surface area (Å²) in [6.07, 6.45) is 0.231. The minimum absolute atomic E-state index is 0.393. The number of aliphatic hydroxyl groups is 1. The van der Waals surface area contributed by atoms with E-state index in [4.69, 9.17) is 4.74 Å². The Morgan fingerprint density at radius 2 is 2.00 bits per heavy atom. The molecular weight excluding hydrogens is 260 g/mol. The zero-order chi connectivity index (χ0) is 14.4. The van der Waals surface area contributed by atoms with Crippen molar-refractivity contribution < 1.29 is 14.8 Å². The van der Waals surface area contributed by atoms with Crippen LogP contribution in [-0.2, 0) is 6.61 Å². The van der Waals surface area contributed by atoms with Crippen molar-refractivity contribution >= 4 is 0 Å². The highest BCUT2D eigenvalue weighted by molar-refractivity contribution is 5.20. The van der Waals surface area contributed by atoms with Crippen molar-refractivity contribution in [3.05, 3.63) is 69.9 Å². The molecule has 2 rings (SSSR count). The summed E-state index contributed by atoms with van der Waals surface area (Å²) in [6, 6.07) is 12.8. The number of nitro groups is 1. The Kier molecular flexibility index (Phi) is 4.62. The maximum Gasteiger partial charge on any atom is 0.233 e. The van der Waals surface area contributed by atoms with Gasteiger partial charge in [-0.15, -0.1) is 0 Å². The van der Waals surface area contributed by atoms with Gasteiger partial charge in [-0.25, -0.2) is 4.98 Å². The third-order valence-corrected chi connectivity index (χ3v) is 2.70. The molecule has 1 aromatic heterocycles. The number of rotatable bonds is 6. The van der Waals surface area contributed by atoms with Gasteiger partial charge in [-0.1, -0.05) is 30.3 Å². The highest BCUT2D eigenvalue weighted by Crippen LogP contribution is 2.16. The van der Waals surface area contributed by atoms with E-state index < -0.39 is 17.6 Å². The number of hydrogen-bond acceptors (Lipinski definition) is 5. The summed E-state index contributed by atoms with van der Waals surface area (Å²) in [5, 5.41) is 19.9. The molecule has 104 valence electrons. The molecule has 0 bridgehead atoms. The van der Waals surface area contributed by atoms with Gasteiger partial charge < -0.3 is 9.84 Å². The van der Waals surface area contributed by atoms with E-state index in [1.165, 1.54) is 6.20 Å². The topological polar surface area (TPSA) is 85.5 Å². The van der Waals surface area contributed by atoms with Crippen molar-refractivity contribution in [3.8, 4) is 5.88 Å². The second-order valence-electron chi connectivity index (χ2n) is 4.24. The Morgan fingerprint density at radius 3 is 2.60 bits per heavy atom. The van der Waals surface area contributed by atoms with Crippen LogP contribution in [0.3, 0.4) is 0 Å². The predicted octanol–water partition coefficient (Wildman–Crippen LogP) is 1.97. The number of ether oxygens (including phenoxy) is 1. The average molecular weight is 274 g/mol. The van der Waals surface area contributed by atoms with Gasteiger partial charge in [-0.05, 0) is 11.6 Å². The van der Waals surface area contributed by atoms with E-state index in [0.717, 1.165) is 5.56 Å². The van der Waals surface area contributed by atoms with Crippen molar-refractivity contribution in [1.29, 1.82) is 0 Å². The summed E-state index contributed by atoms with van der Waals surface area (Å²) >= 11 is 0. The van der Waals surface area contributed by atoms with Crippen molar-refractivity contribution in [2.24, 2.45) is 0 Å². The van der Waals surface area contributed by atoms with Crippen LogP contribution in [0, 0.1) is 10.1 Å². The first-order valence-electron chi connectivity index (χ1n) is 6.07. The minimum Gasteiger partial charge on any atom is -0.473 e. The second-order valence-corrected chi connectivity index (χ2v) is 4.24. The van der Waals surface area contributed by atoms with Crippen LogP contribution >= 0.6 is 0 Å². The second kappa shape index (κ2) is 6.63. The molecule has 1 heterocycles. The number of aromatic nitrogens is 1. The number of nitrogens with zero attached hydrogens (tertiary/aromatic N) is 2. The van der Waals surface area contributed by atoms with Gasteiger partial charge in [0.15, 0.2) is 0 Å². The standard InChI is InChI=1S/C14H14N2O4/c17-13(9-16(18)19)12-6-7-14(15-8-12)20-10-11-4-2-1-3-5-11/h1-8,13,17H,9-10H2/t13-/m0/s1. The third kappa shape index (κ3) is 4.03. The highest BCUT2D eigenvalue weighted by atomic mass is 16.6. The van der Waals surface area contributed by atoms with Crippen LogP contribution in [0.2, 0.25) is 0 Å². The zero-order valence-electron chi connectivity index (χ0n) is 10.7. The van der Waals surface area contributed by atoms with E-state index >= 15 is 0 Å². The summed E-state index contributed by atoms with van der Waals surface area (Å²) in [4.78, 5) is 13.8. The summed E-state index contributed by atoms with van der Waals surface area (Å²) in [6.45, 7) is -0.142. The molecule has 6 nitrogen and oxygen atoms in total. The Hall–Kier alpha value is -2.47. The van der Waals surface area contributed by atoms with Crippen molar-refractivity contribution in [3.63, 3.8) is 0 Å². The van der Waals surface area contributed by atoms with Gasteiger partial charge in [0.2, 0.25) is 12.4 Å². The smallest absolute Gasteiger partial charge is 0.233 e. The van der Waals surface area contributed by atoms with Gasteiger partial charge in [-0.2, -0.15) is 0 Å². The molecule has 0 aliphatic heterocycles. The number of pyridine rings is 1. The van der Waals surface area contributed by atoms with Gasteiger partial charge in [0.1, 0.15) is 12.7 Å². The first-order valence-corrected chi connectivity index (χ1v) is 6.07. The van der Waals surface area contributed by atoms with Crippen LogP contribution in [0.1, 0.15) is 17.2 Å². The maximum atomic E-state index is 10.3. The molecule has 1 atom stereocenters. The molecule has 0 radical (unpaired) electrons. The molecule has 0 fully saturated rings. The Morgan fingerprint density at radius 1 is 1.25 bits per heavy atom. The van der Waals surface area contributed by atoms with Crippen LogP contribution < -0.4 is 4.74 Å². The largest absolute Gasteiger partial charge is 0.473 e. The lowest BCUT2D eigenvalue weighted by molar-refractivity contribution is -0.491. The molecule has 1 aromatic carbocycles. The monoisotopic (exact) mass is 274 g/mol. The van der Waals surface area contributed by atoms with Gasteiger partial charge >= 0.3 is 0 Å². The van der Waals surface area contributed by atoms with E-state index in [1.807, 2.05) is 30.3 Å². The van der Waals surface area contributed by atoms with Crippen molar-refractivity contribution in [2.75, 3.05) is 6.54 Å². The van der Waals surface area contributed by atoms with Gasteiger partial charge in [0.25, 0.3) is 0 Å². The molecule has 0 aliphatic carbocycles.